The average molecular weight is 298 g/mol. The summed E-state index contributed by atoms with van der Waals surface area (Å²) in [5, 5.41) is 0. The maximum atomic E-state index is 12.7. The zero-order valence-corrected chi connectivity index (χ0v) is 13.3. The molecular weight excluding hydrogens is 276 g/mol. The number of methoxy groups -OCH3 is 1. The number of rotatable bonds is 3. The van der Waals surface area contributed by atoms with Gasteiger partial charge in [-0.05, 0) is 18.2 Å². The van der Waals surface area contributed by atoms with E-state index >= 15 is 0 Å². The van der Waals surface area contributed by atoms with Crippen LogP contribution < -0.4 is 4.74 Å². The van der Waals surface area contributed by atoms with Gasteiger partial charge in [0.15, 0.2) is 0 Å². The van der Waals surface area contributed by atoms with Crippen molar-refractivity contribution in [3.63, 3.8) is 0 Å². The first kappa shape index (κ1) is 14.7. The number of hydrogen-bond donors (Lipinski definition) is 0. The Labute approximate surface area is 131 Å². The summed E-state index contributed by atoms with van der Waals surface area (Å²) in [4.78, 5) is 14.7. The quantitative estimate of drug-likeness (QED) is 0.872. The van der Waals surface area contributed by atoms with Gasteiger partial charge in [0.25, 0.3) is 0 Å². The van der Waals surface area contributed by atoms with Crippen molar-refractivity contribution in [1.29, 1.82) is 0 Å². The average Bonchev–Trinajstić information content (AvgIpc) is 3.01. The molecule has 1 aliphatic rings. The lowest BCUT2D eigenvalue weighted by Crippen LogP contribution is -2.44. The van der Waals surface area contributed by atoms with Crippen LogP contribution in [0.25, 0.3) is 0 Å². The van der Waals surface area contributed by atoms with E-state index in [1.54, 1.807) is 7.11 Å². The number of hydrogen-bond acceptors (Lipinski definition) is 2. The van der Waals surface area contributed by atoms with Crippen molar-refractivity contribution < 1.29 is 9.53 Å². The minimum Gasteiger partial charge on any atom is -0.496 e. The molecule has 2 aromatic rings. The number of ether oxygens (including phenoxy) is 1. The molecule has 0 bridgehead atoms. The first-order valence-corrected chi connectivity index (χ1v) is 7.72. The molecule has 1 aromatic heterocycles. The molecule has 116 valence electrons. The second-order valence-electron chi connectivity index (χ2n) is 5.96. The monoisotopic (exact) mass is 298 g/mol. The van der Waals surface area contributed by atoms with E-state index in [2.05, 4.69) is 16.8 Å². The van der Waals surface area contributed by atoms with Crippen LogP contribution in [0.2, 0.25) is 0 Å². The summed E-state index contributed by atoms with van der Waals surface area (Å²) in [5.41, 5.74) is 2.18. The fraction of sp³-hybridized carbons (Fsp3) is 0.389. The summed E-state index contributed by atoms with van der Waals surface area (Å²) < 4.78 is 7.75. The third-order valence-electron chi connectivity index (χ3n) is 4.25. The molecule has 0 unspecified atom stereocenters. The Morgan fingerprint density at radius 3 is 2.68 bits per heavy atom. The molecule has 4 heteroatoms. The molecule has 1 atom stereocenters. The van der Waals surface area contributed by atoms with E-state index in [-0.39, 0.29) is 17.9 Å². The summed E-state index contributed by atoms with van der Waals surface area (Å²) in [6.07, 6.45) is 2.08. The predicted octanol–water partition coefficient (Wildman–Crippen LogP) is 3.08. The number of carbonyl (C=O) groups excluding carboxylic acids is 1. The number of benzene rings is 1. The van der Waals surface area contributed by atoms with Crippen LogP contribution in [0.5, 0.6) is 5.75 Å². The molecule has 0 saturated carbocycles. The molecule has 3 rings (SSSR count). The molecule has 0 fully saturated rings. The van der Waals surface area contributed by atoms with E-state index in [0.29, 0.717) is 0 Å². The fourth-order valence-corrected chi connectivity index (χ4v) is 3.17. The van der Waals surface area contributed by atoms with Crippen LogP contribution in [0.4, 0.5) is 0 Å². The predicted molar refractivity (Wildman–Crippen MR) is 85.8 cm³/mol. The van der Waals surface area contributed by atoms with E-state index in [4.69, 9.17) is 4.74 Å². The van der Waals surface area contributed by atoms with Crippen LogP contribution in [0.15, 0.2) is 42.6 Å². The first-order valence-electron chi connectivity index (χ1n) is 7.72. The lowest BCUT2D eigenvalue weighted by atomic mass is 9.97. The highest BCUT2D eigenvalue weighted by atomic mass is 16.5. The summed E-state index contributed by atoms with van der Waals surface area (Å²) >= 11 is 0. The van der Waals surface area contributed by atoms with E-state index in [0.717, 1.165) is 30.1 Å². The highest BCUT2D eigenvalue weighted by Gasteiger charge is 2.34. The van der Waals surface area contributed by atoms with Crippen LogP contribution in [-0.2, 0) is 11.3 Å². The van der Waals surface area contributed by atoms with Gasteiger partial charge in [0, 0.05) is 36.5 Å². The van der Waals surface area contributed by atoms with Gasteiger partial charge in [0.05, 0.1) is 7.11 Å². The first-order chi connectivity index (χ1) is 10.6. The molecule has 0 N–H and O–H groups in total. The number of carbonyl (C=O) groups is 1. The molecule has 1 aromatic carbocycles. The van der Waals surface area contributed by atoms with E-state index in [9.17, 15) is 4.79 Å². The SMILES string of the molecule is COc1ccccc1[C@H]1c2cccn2CCN1C(=O)C(C)C. The minimum absolute atomic E-state index is 0.0151. The number of nitrogens with zero attached hydrogens (tertiary/aromatic N) is 2. The molecule has 4 nitrogen and oxygen atoms in total. The largest absolute Gasteiger partial charge is 0.496 e. The second kappa shape index (κ2) is 5.87. The smallest absolute Gasteiger partial charge is 0.226 e. The highest BCUT2D eigenvalue weighted by molar-refractivity contribution is 5.79. The van der Waals surface area contributed by atoms with Gasteiger partial charge in [-0.25, -0.2) is 0 Å². The molecule has 0 saturated heterocycles. The molecule has 2 heterocycles. The van der Waals surface area contributed by atoms with E-state index in [1.807, 2.05) is 49.1 Å². The van der Waals surface area contributed by atoms with Crippen LogP contribution in [0.3, 0.4) is 0 Å². The van der Waals surface area contributed by atoms with Gasteiger partial charge in [-0.1, -0.05) is 32.0 Å². The molecule has 1 aliphatic heterocycles. The lowest BCUT2D eigenvalue weighted by molar-refractivity contribution is -0.137. The molecule has 22 heavy (non-hydrogen) atoms. The standard InChI is InChI=1S/C18H22N2O2/c1-13(2)18(21)20-12-11-19-10-6-8-15(19)17(20)14-7-4-5-9-16(14)22-3/h4-10,13,17H,11-12H2,1-3H3/t17-/m0/s1. The van der Waals surface area contributed by atoms with Crippen molar-refractivity contribution in [2.24, 2.45) is 5.92 Å². The summed E-state index contributed by atoms with van der Waals surface area (Å²) in [6, 6.07) is 12.0. The molecule has 0 aliphatic carbocycles. The Balaban J connectivity index is 2.12. The van der Waals surface area contributed by atoms with Crippen molar-refractivity contribution in [1.82, 2.24) is 9.47 Å². The normalized spacial score (nSPS) is 17.5. The fourth-order valence-electron chi connectivity index (χ4n) is 3.17. The van der Waals surface area contributed by atoms with Gasteiger partial charge in [-0.15, -0.1) is 0 Å². The second-order valence-corrected chi connectivity index (χ2v) is 5.96. The van der Waals surface area contributed by atoms with Crippen molar-refractivity contribution in [3.8, 4) is 5.75 Å². The maximum Gasteiger partial charge on any atom is 0.226 e. The maximum absolute atomic E-state index is 12.7. The van der Waals surface area contributed by atoms with Crippen molar-refractivity contribution >= 4 is 5.91 Å². The van der Waals surface area contributed by atoms with Gasteiger partial charge in [0.1, 0.15) is 11.8 Å². The molecule has 1 amide bonds. The molecular formula is C18H22N2O2. The van der Waals surface area contributed by atoms with Crippen LogP contribution in [0, 0.1) is 5.92 Å². The molecule has 0 spiro atoms. The Bertz CT molecular complexity index is 675. The van der Waals surface area contributed by atoms with E-state index in [1.165, 1.54) is 0 Å². The van der Waals surface area contributed by atoms with Gasteiger partial charge in [-0.2, -0.15) is 0 Å². The third kappa shape index (κ3) is 2.39. The Kier molecular flexibility index (Phi) is 3.92. The van der Waals surface area contributed by atoms with Crippen LogP contribution >= 0.6 is 0 Å². The van der Waals surface area contributed by atoms with Crippen molar-refractivity contribution in [2.75, 3.05) is 13.7 Å². The molecule has 0 radical (unpaired) electrons. The Morgan fingerprint density at radius 1 is 1.18 bits per heavy atom. The van der Waals surface area contributed by atoms with Crippen LogP contribution in [-0.4, -0.2) is 29.0 Å². The third-order valence-corrected chi connectivity index (χ3v) is 4.25. The summed E-state index contributed by atoms with van der Waals surface area (Å²) in [6.45, 7) is 5.47. The number of para-hydroxylation sites is 1. The minimum atomic E-state index is -0.0881. The number of fused-ring (bicyclic) bond motifs is 1. The van der Waals surface area contributed by atoms with Crippen molar-refractivity contribution in [2.45, 2.75) is 26.4 Å². The van der Waals surface area contributed by atoms with Gasteiger partial charge in [-0.3, -0.25) is 4.79 Å². The highest BCUT2D eigenvalue weighted by Crippen LogP contribution is 2.37. The number of aromatic nitrogens is 1. The van der Waals surface area contributed by atoms with Gasteiger partial charge in [0.2, 0.25) is 5.91 Å². The van der Waals surface area contributed by atoms with Crippen LogP contribution in [0.1, 0.15) is 31.1 Å². The zero-order chi connectivity index (χ0) is 15.7. The summed E-state index contributed by atoms with van der Waals surface area (Å²) in [5.74, 6) is 0.991. The van der Waals surface area contributed by atoms with Crippen molar-refractivity contribution in [3.05, 3.63) is 53.9 Å². The lowest BCUT2D eigenvalue weighted by Gasteiger charge is -2.38. The van der Waals surface area contributed by atoms with Gasteiger partial charge >= 0.3 is 0 Å². The van der Waals surface area contributed by atoms with E-state index < -0.39 is 0 Å². The summed E-state index contributed by atoms with van der Waals surface area (Å²) in [7, 11) is 1.68. The Morgan fingerprint density at radius 2 is 1.95 bits per heavy atom. The zero-order valence-electron chi connectivity index (χ0n) is 13.3. The topological polar surface area (TPSA) is 34.5 Å². The number of amides is 1. The Hall–Kier alpha value is -2.23. The van der Waals surface area contributed by atoms with Gasteiger partial charge < -0.3 is 14.2 Å².